The molecule has 0 saturated carbocycles. The number of aliphatic imine (C=N–C) groups is 1. The van der Waals surface area contributed by atoms with Crippen LogP contribution in [-0.4, -0.2) is 59.2 Å². The Morgan fingerprint density at radius 3 is 2.33 bits per heavy atom. The molecule has 0 unspecified atom stereocenters. The van der Waals surface area contributed by atoms with Gasteiger partial charge in [-0.2, -0.15) is 0 Å². The average molecular weight is 506 g/mol. The first-order valence-corrected chi connectivity index (χ1v) is 11.4. The summed E-state index contributed by atoms with van der Waals surface area (Å²) in [7, 11) is 5.37. The minimum absolute atomic E-state index is 0.0507. The summed E-state index contributed by atoms with van der Waals surface area (Å²) >= 11 is 6.12. The SMILES string of the molecule is CN(C)CC(=O)N(C)c1ccc(N=C(c2ccc([N+](=O)[O-])cc2)c2c(O)[nH]c3cc(Cl)ccc23)cc1. The van der Waals surface area contributed by atoms with E-state index in [1.165, 1.54) is 12.1 Å². The molecule has 0 fully saturated rings. The van der Waals surface area contributed by atoms with Crippen LogP contribution in [0.3, 0.4) is 0 Å². The van der Waals surface area contributed by atoms with E-state index in [1.807, 2.05) is 14.1 Å². The predicted molar refractivity (Wildman–Crippen MR) is 142 cm³/mol. The number of aromatic hydroxyl groups is 1. The summed E-state index contributed by atoms with van der Waals surface area (Å²) in [6.45, 7) is 0.282. The van der Waals surface area contributed by atoms with E-state index in [1.54, 1.807) is 71.4 Å². The fourth-order valence-corrected chi connectivity index (χ4v) is 3.97. The molecule has 9 nitrogen and oxygen atoms in total. The molecule has 0 aliphatic carbocycles. The zero-order valence-corrected chi connectivity index (χ0v) is 20.7. The summed E-state index contributed by atoms with van der Waals surface area (Å²) in [6, 6.07) is 18.3. The number of nitrogens with one attached hydrogen (secondary N) is 1. The van der Waals surface area contributed by atoms with Crippen molar-refractivity contribution < 1.29 is 14.8 Å². The van der Waals surface area contributed by atoms with Gasteiger partial charge in [0.2, 0.25) is 5.91 Å². The summed E-state index contributed by atoms with van der Waals surface area (Å²) in [5, 5.41) is 23.1. The van der Waals surface area contributed by atoms with Gasteiger partial charge in [0.05, 0.1) is 33.9 Å². The standard InChI is InChI=1S/C26H24ClN5O4/c1-30(2)15-23(33)31(3)19-11-7-18(8-12-19)28-25(16-4-9-20(10-5-16)32(35)36)24-21-13-6-17(27)14-22(21)29-26(24)34/h4-14,29,34H,15H2,1-3H3. The summed E-state index contributed by atoms with van der Waals surface area (Å²) in [4.78, 5) is 34.1. The molecule has 0 radical (unpaired) electrons. The number of non-ortho nitro benzene ring substituents is 1. The minimum Gasteiger partial charge on any atom is -0.494 e. The van der Waals surface area contributed by atoms with Crippen LogP contribution >= 0.6 is 11.6 Å². The lowest BCUT2D eigenvalue weighted by Crippen LogP contribution is -2.34. The zero-order valence-electron chi connectivity index (χ0n) is 19.9. The highest BCUT2D eigenvalue weighted by Gasteiger charge is 2.20. The number of likely N-dealkylation sites (N-methyl/N-ethyl adjacent to an activating group) is 2. The van der Waals surface area contributed by atoms with E-state index in [0.717, 1.165) is 0 Å². The van der Waals surface area contributed by atoms with Crippen molar-refractivity contribution in [2.24, 2.45) is 4.99 Å². The number of carbonyl (C=O) groups excluding carboxylic acids is 1. The summed E-state index contributed by atoms with van der Waals surface area (Å²) < 4.78 is 0. The number of aromatic nitrogens is 1. The van der Waals surface area contributed by atoms with Gasteiger partial charge in [0, 0.05) is 40.8 Å². The molecule has 3 aromatic carbocycles. The fraction of sp³-hybridized carbons (Fsp3) is 0.154. The molecule has 0 spiro atoms. The minimum atomic E-state index is -0.474. The Bertz CT molecular complexity index is 1460. The van der Waals surface area contributed by atoms with Gasteiger partial charge in [-0.05, 0) is 62.6 Å². The van der Waals surface area contributed by atoms with Gasteiger partial charge in [-0.15, -0.1) is 0 Å². The molecule has 2 N–H and O–H groups in total. The number of carbonyl (C=O) groups is 1. The van der Waals surface area contributed by atoms with Crippen LogP contribution in [0.15, 0.2) is 71.7 Å². The lowest BCUT2D eigenvalue weighted by atomic mass is 10.0. The van der Waals surface area contributed by atoms with Gasteiger partial charge in [0.15, 0.2) is 5.88 Å². The maximum absolute atomic E-state index is 12.4. The molecule has 1 aromatic heterocycles. The highest BCUT2D eigenvalue weighted by Crippen LogP contribution is 2.33. The van der Waals surface area contributed by atoms with Crippen LogP contribution in [-0.2, 0) is 4.79 Å². The molecule has 0 aliphatic rings. The molecule has 0 bridgehead atoms. The first-order valence-electron chi connectivity index (χ1n) is 11.0. The van der Waals surface area contributed by atoms with Gasteiger partial charge in [-0.3, -0.25) is 14.9 Å². The number of hydrogen-bond donors (Lipinski definition) is 2. The normalized spacial score (nSPS) is 11.8. The Labute approximate surface area is 212 Å². The first-order chi connectivity index (χ1) is 17.1. The van der Waals surface area contributed by atoms with Crippen molar-refractivity contribution in [3.8, 4) is 5.88 Å². The van der Waals surface area contributed by atoms with Crippen molar-refractivity contribution in [3.05, 3.63) is 93.0 Å². The van der Waals surface area contributed by atoms with E-state index in [2.05, 4.69) is 4.98 Å². The predicted octanol–water partition coefficient (Wildman–Crippen LogP) is 5.13. The van der Waals surface area contributed by atoms with E-state index in [9.17, 15) is 20.0 Å². The van der Waals surface area contributed by atoms with Gasteiger partial charge in [-0.25, -0.2) is 4.99 Å². The van der Waals surface area contributed by atoms with E-state index in [-0.39, 0.29) is 24.0 Å². The fourth-order valence-electron chi connectivity index (χ4n) is 3.80. The highest BCUT2D eigenvalue weighted by molar-refractivity contribution is 6.31. The number of nitro groups is 1. The molecule has 1 amide bonds. The lowest BCUT2D eigenvalue weighted by molar-refractivity contribution is -0.384. The number of rotatable bonds is 7. The summed E-state index contributed by atoms with van der Waals surface area (Å²) in [5.41, 5.74) is 3.29. The third-order valence-corrected chi connectivity index (χ3v) is 5.87. The van der Waals surface area contributed by atoms with Gasteiger partial charge < -0.3 is 19.9 Å². The molecule has 36 heavy (non-hydrogen) atoms. The number of halogens is 1. The number of nitrogens with zero attached hydrogens (tertiary/aromatic N) is 4. The molecule has 184 valence electrons. The number of hydrogen-bond acceptors (Lipinski definition) is 6. The van der Waals surface area contributed by atoms with Crippen molar-refractivity contribution in [2.45, 2.75) is 0 Å². The van der Waals surface area contributed by atoms with Gasteiger partial charge in [0.25, 0.3) is 5.69 Å². The smallest absolute Gasteiger partial charge is 0.269 e. The van der Waals surface area contributed by atoms with Crippen LogP contribution in [0.5, 0.6) is 5.88 Å². The van der Waals surface area contributed by atoms with Gasteiger partial charge in [0.1, 0.15) is 0 Å². The zero-order chi connectivity index (χ0) is 26.0. The largest absolute Gasteiger partial charge is 0.494 e. The molecule has 4 rings (SSSR count). The second kappa shape index (κ2) is 10.2. The molecular weight excluding hydrogens is 482 g/mol. The van der Waals surface area contributed by atoms with Gasteiger partial charge >= 0.3 is 0 Å². The summed E-state index contributed by atoms with van der Waals surface area (Å²) in [5.74, 6) is -0.153. The highest BCUT2D eigenvalue weighted by atomic mass is 35.5. The number of nitro benzene ring substituents is 1. The monoisotopic (exact) mass is 505 g/mol. The number of fused-ring (bicyclic) bond motifs is 1. The van der Waals surface area contributed by atoms with Crippen LogP contribution in [0.1, 0.15) is 11.1 Å². The molecule has 4 aromatic rings. The third-order valence-electron chi connectivity index (χ3n) is 5.63. The number of aromatic amines is 1. The van der Waals surface area contributed by atoms with Gasteiger partial charge in [-0.1, -0.05) is 17.7 Å². The number of anilines is 1. The maximum atomic E-state index is 12.4. The molecule has 0 atom stereocenters. The Hall–Kier alpha value is -4.21. The van der Waals surface area contributed by atoms with Crippen LogP contribution in [0, 0.1) is 10.1 Å². The maximum Gasteiger partial charge on any atom is 0.269 e. The van der Waals surface area contributed by atoms with Crippen LogP contribution < -0.4 is 4.90 Å². The van der Waals surface area contributed by atoms with Crippen LogP contribution in [0.2, 0.25) is 5.02 Å². The van der Waals surface area contributed by atoms with Crippen molar-refractivity contribution in [1.82, 2.24) is 9.88 Å². The molecule has 0 aliphatic heterocycles. The number of benzene rings is 3. The van der Waals surface area contributed by atoms with E-state index < -0.39 is 4.92 Å². The van der Waals surface area contributed by atoms with E-state index >= 15 is 0 Å². The van der Waals surface area contributed by atoms with Crippen molar-refractivity contribution >= 4 is 51.2 Å². The van der Waals surface area contributed by atoms with Crippen molar-refractivity contribution in [2.75, 3.05) is 32.6 Å². The van der Waals surface area contributed by atoms with Crippen LogP contribution in [0.4, 0.5) is 17.1 Å². The first kappa shape index (κ1) is 24.9. The number of amides is 1. The average Bonchev–Trinajstić information content (AvgIpc) is 3.16. The quantitative estimate of drug-likeness (QED) is 0.205. The Morgan fingerprint density at radius 2 is 1.72 bits per heavy atom. The second-order valence-corrected chi connectivity index (χ2v) is 8.95. The molecule has 0 saturated heterocycles. The molecular formula is C26H24ClN5O4. The topological polar surface area (TPSA) is 115 Å². The molecule has 1 heterocycles. The third kappa shape index (κ3) is 5.22. The Balaban J connectivity index is 1.80. The lowest BCUT2D eigenvalue weighted by Gasteiger charge is -2.19. The van der Waals surface area contributed by atoms with E-state index in [0.29, 0.717) is 44.1 Å². The Morgan fingerprint density at radius 1 is 1.06 bits per heavy atom. The van der Waals surface area contributed by atoms with Crippen molar-refractivity contribution in [1.29, 1.82) is 0 Å². The molecule has 10 heteroatoms. The van der Waals surface area contributed by atoms with Crippen LogP contribution in [0.25, 0.3) is 10.9 Å². The number of H-pyrrole nitrogens is 1. The summed E-state index contributed by atoms with van der Waals surface area (Å²) in [6.07, 6.45) is 0. The van der Waals surface area contributed by atoms with Crippen molar-refractivity contribution in [3.63, 3.8) is 0 Å². The Kier molecular flexibility index (Phi) is 7.05. The second-order valence-electron chi connectivity index (χ2n) is 8.51. The van der Waals surface area contributed by atoms with E-state index in [4.69, 9.17) is 16.6 Å².